The van der Waals surface area contributed by atoms with E-state index in [1.165, 1.54) is 0 Å². The molecule has 4 nitrogen and oxygen atoms in total. The number of likely N-dealkylation sites (N-methyl/N-ethyl adjacent to an activating group) is 2. The van der Waals surface area contributed by atoms with Gasteiger partial charge in [-0.3, -0.25) is 0 Å². The first-order chi connectivity index (χ1) is 6.65. The summed E-state index contributed by atoms with van der Waals surface area (Å²) >= 11 is 0. The summed E-state index contributed by atoms with van der Waals surface area (Å²) < 4.78 is 0. The van der Waals surface area contributed by atoms with Crippen LogP contribution < -0.4 is 11.1 Å². The monoisotopic (exact) mass is 194 g/mol. The maximum atomic E-state index is 5.80. The van der Waals surface area contributed by atoms with Crippen LogP contribution in [0.25, 0.3) is 0 Å². The maximum absolute atomic E-state index is 5.80. The average molecular weight is 194 g/mol. The van der Waals surface area contributed by atoms with Gasteiger partial charge in [0.1, 0.15) is 5.82 Å². The molecule has 0 saturated heterocycles. The predicted octanol–water partition coefficient (Wildman–Crippen LogP) is 0.486. The minimum Gasteiger partial charge on any atom is -0.383 e. The van der Waals surface area contributed by atoms with Crippen molar-refractivity contribution in [2.24, 2.45) is 0 Å². The summed E-state index contributed by atoms with van der Waals surface area (Å²) in [5, 5.41) is 3.23. The fourth-order valence-electron chi connectivity index (χ4n) is 1.43. The van der Waals surface area contributed by atoms with Gasteiger partial charge in [-0.05, 0) is 27.2 Å². The molecule has 1 unspecified atom stereocenters. The Morgan fingerprint density at radius 2 is 2.29 bits per heavy atom. The van der Waals surface area contributed by atoms with E-state index in [9.17, 15) is 0 Å². The summed E-state index contributed by atoms with van der Waals surface area (Å²) in [5.74, 6) is 0.605. The van der Waals surface area contributed by atoms with Gasteiger partial charge in [0, 0.05) is 24.3 Å². The van der Waals surface area contributed by atoms with Crippen molar-refractivity contribution < 1.29 is 0 Å². The molecule has 0 spiro atoms. The maximum Gasteiger partial charge on any atom is 0.128 e. The number of nitrogens with zero attached hydrogens (tertiary/aromatic N) is 2. The molecule has 0 fully saturated rings. The summed E-state index contributed by atoms with van der Waals surface area (Å²) in [7, 11) is 6.01. The van der Waals surface area contributed by atoms with Crippen LogP contribution in [0.5, 0.6) is 0 Å². The Hall–Kier alpha value is -1.13. The highest BCUT2D eigenvalue weighted by Gasteiger charge is 2.12. The van der Waals surface area contributed by atoms with Crippen LogP contribution in [0.4, 0.5) is 5.82 Å². The number of nitrogen functional groups attached to an aromatic ring is 1. The van der Waals surface area contributed by atoms with E-state index >= 15 is 0 Å². The zero-order chi connectivity index (χ0) is 10.6. The van der Waals surface area contributed by atoms with Gasteiger partial charge in [0.2, 0.25) is 0 Å². The standard InChI is InChI=1S/C10H18N4/c1-12-9(7-14(2)3)8-5-4-6-13-10(8)11/h4-6,9,12H,7H2,1-3H3,(H2,11,13). The summed E-state index contributed by atoms with van der Waals surface area (Å²) in [5.41, 5.74) is 6.86. The van der Waals surface area contributed by atoms with Crippen LogP contribution in [0.2, 0.25) is 0 Å². The van der Waals surface area contributed by atoms with Crippen molar-refractivity contribution in [1.82, 2.24) is 15.2 Å². The molecule has 0 aromatic carbocycles. The van der Waals surface area contributed by atoms with Gasteiger partial charge < -0.3 is 16.0 Å². The second kappa shape index (κ2) is 4.93. The minimum absolute atomic E-state index is 0.235. The lowest BCUT2D eigenvalue weighted by Crippen LogP contribution is -2.29. The molecule has 1 aromatic rings. The highest BCUT2D eigenvalue weighted by Crippen LogP contribution is 2.17. The Morgan fingerprint density at radius 3 is 2.79 bits per heavy atom. The SMILES string of the molecule is CNC(CN(C)C)c1cccnc1N. The fraction of sp³-hybridized carbons (Fsp3) is 0.500. The Balaban J connectivity index is 2.83. The van der Waals surface area contributed by atoms with E-state index in [-0.39, 0.29) is 6.04 Å². The van der Waals surface area contributed by atoms with Crippen molar-refractivity contribution in [2.45, 2.75) is 6.04 Å². The van der Waals surface area contributed by atoms with Crippen molar-refractivity contribution in [3.8, 4) is 0 Å². The molecule has 14 heavy (non-hydrogen) atoms. The molecule has 1 atom stereocenters. The zero-order valence-electron chi connectivity index (χ0n) is 8.99. The van der Waals surface area contributed by atoms with Gasteiger partial charge in [-0.2, -0.15) is 0 Å². The summed E-state index contributed by atoms with van der Waals surface area (Å²) in [6.45, 7) is 0.909. The van der Waals surface area contributed by atoms with Gasteiger partial charge >= 0.3 is 0 Å². The molecule has 1 heterocycles. The van der Waals surface area contributed by atoms with Crippen molar-refractivity contribution >= 4 is 5.82 Å². The zero-order valence-corrected chi connectivity index (χ0v) is 8.99. The fourth-order valence-corrected chi connectivity index (χ4v) is 1.43. The van der Waals surface area contributed by atoms with E-state index in [2.05, 4.69) is 15.2 Å². The van der Waals surface area contributed by atoms with E-state index in [4.69, 9.17) is 5.73 Å². The number of nitrogens with one attached hydrogen (secondary N) is 1. The lowest BCUT2D eigenvalue weighted by Gasteiger charge is -2.21. The van der Waals surface area contributed by atoms with Crippen LogP contribution in [0, 0.1) is 0 Å². The van der Waals surface area contributed by atoms with Crippen LogP contribution in [-0.2, 0) is 0 Å². The van der Waals surface area contributed by atoms with Crippen molar-refractivity contribution in [2.75, 3.05) is 33.4 Å². The third-order valence-corrected chi connectivity index (χ3v) is 2.14. The molecule has 0 aliphatic carbocycles. The van der Waals surface area contributed by atoms with Crippen molar-refractivity contribution in [1.29, 1.82) is 0 Å². The first kappa shape index (κ1) is 10.9. The van der Waals surface area contributed by atoms with Gasteiger partial charge in [-0.15, -0.1) is 0 Å². The van der Waals surface area contributed by atoms with Crippen LogP contribution in [0.3, 0.4) is 0 Å². The Morgan fingerprint density at radius 1 is 1.57 bits per heavy atom. The molecular formula is C10H18N4. The van der Waals surface area contributed by atoms with Gasteiger partial charge in [0.15, 0.2) is 0 Å². The minimum atomic E-state index is 0.235. The number of hydrogen-bond donors (Lipinski definition) is 2. The van der Waals surface area contributed by atoms with Gasteiger partial charge in [0.25, 0.3) is 0 Å². The second-order valence-electron chi connectivity index (χ2n) is 3.58. The number of hydrogen-bond acceptors (Lipinski definition) is 4. The summed E-state index contributed by atoms with van der Waals surface area (Å²) in [6, 6.07) is 4.15. The van der Waals surface area contributed by atoms with E-state index in [1.54, 1.807) is 6.20 Å². The first-order valence-electron chi connectivity index (χ1n) is 4.67. The highest BCUT2D eigenvalue weighted by atomic mass is 15.1. The number of pyridine rings is 1. The molecule has 0 amide bonds. The van der Waals surface area contributed by atoms with Gasteiger partial charge in [-0.1, -0.05) is 6.07 Å². The van der Waals surface area contributed by atoms with Crippen molar-refractivity contribution in [3.63, 3.8) is 0 Å². The third-order valence-electron chi connectivity index (χ3n) is 2.14. The summed E-state index contributed by atoms with van der Waals surface area (Å²) in [4.78, 5) is 6.19. The molecule has 3 N–H and O–H groups in total. The van der Waals surface area contributed by atoms with Crippen LogP contribution in [0.15, 0.2) is 18.3 Å². The highest BCUT2D eigenvalue weighted by molar-refractivity contribution is 5.40. The van der Waals surface area contributed by atoms with E-state index in [1.807, 2.05) is 33.3 Å². The molecule has 0 aliphatic heterocycles. The Bertz CT molecular complexity index is 285. The molecule has 78 valence electrons. The quantitative estimate of drug-likeness (QED) is 0.732. The van der Waals surface area contributed by atoms with Crippen LogP contribution in [-0.4, -0.2) is 37.6 Å². The molecule has 0 aliphatic rings. The molecule has 0 bridgehead atoms. The van der Waals surface area contributed by atoms with Crippen LogP contribution >= 0.6 is 0 Å². The van der Waals surface area contributed by atoms with Crippen LogP contribution in [0.1, 0.15) is 11.6 Å². The number of aromatic nitrogens is 1. The molecular weight excluding hydrogens is 176 g/mol. The first-order valence-corrected chi connectivity index (χ1v) is 4.67. The summed E-state index contributed by atoms with van der Waals surface area (Å²) in [6.07, 6.45) is 1.71. The van der Waals surface area contributed by atoms with E-state index in [0.717, 1.165) is 12.1 Å². The van der Waals surface area contributed by atoms with Crippen molar-refractivity contribution in [3.05, 3.63) is 23.9 Å². The normalized spacial score (nSPS) is 13.1. The number of nitrogens with two attached hydrogens (primary N) is 1. The second-order valence-corrected chi connectivity index (χ2v) is 3.58. The topological polar surface area (TPSA) is 54.2 Å². The number of rotatable bonds is 4. The lowest BCUT2D eigenvalue weighted by atomic mass is 10.1. The lowest BCUT2D eigenvalue weighted by molar-refractivity contribution is 0.353. The van der Waals surface area contributed by atoms with E-state index < -0.39 is 0 Å². The smallest absolute Gasteiger partial charge is 0.128 e. The average Bonchev–Trinajstić information content (AvgIpc) is 2.15. The number of anilines is 1. The molecule has 1 aromatic heterocycles. The molecule has 0 saturated carbocycles. The largest absolute Gasteiger partial charge is 0.383 e. The Labute approximate surface area is 85.1 Å². The Kier molecular flexibility index (Phi) is 3.85. The van der Waals surface area contributed by atoms with E-state index in [0.29, 0.717) is 5.82 Å². The molecule has 1 rings (SSSR count). The van der Waals surface area contributed by atoms with Gasteiger partial charge in [-0.25, -0.2) is 4.98 Å². The molecule has 4 heteroatoms. The third kappa shape index (κ3) is 2.68. The molecule has 0 radical (unpaired) electrons. The predicted molar refractivity (Wildman–Crippen MR) is 59.0 cm³/mol. The van der Waals surface area contributed by atoms with Gasteiger partial charge in [0.05, 0.1) is 0 Å².